The SMILES string of the molecule is CCNC(=NCc1cccc(-c2ncn[nH]2)c1)N1CCC(C(=O)OC)CC1. The number of H-pyrrole nitrogens is 1. The summed E-state index contributed by atoms with van der Waals surface area (Å²) >= 11 is 0. The third kappa shape index (κ3) is 4.84. The van der Waals surface area contributed by atoms with Crippen LogP contribution in [0.5, 0.6) is 0 Å². The highest BCUT2D eigenvalue weighted by Crippen LogP contribution is 2.19. The van der Waals surface area contributed by atoms with E-state index in [0.717, 1.165) is 55.4 Å². The van der Waals surface area contributed by atoms with Crippen molar-refractivity contribution in [1.82, 2.24) is 25.4 Å². The highest BCUT2D eigenvalue weighted by Gasteiger charge is 2.26. The van der Waals surface area contributed by atoms with E-state index in [4.69, 9.17) is 9.73 Å². The summed E-state index contributed by atoms with van der Waals surface area (Å²) in [5.74, 6) is 1.51. The minimum Gasteiger partial charge on any atom is -0.469 e. The molecule has 0 unspecified atom stereocenters. The Bertz CT molecular complexity index is 766. The molecule has 1 aromatic heterocycles. The maximum Gasteiger partial charge on any atom is 0.308 e. The molecule has 1 saturated heterocycles. The minimum atomic E-state index is -0.110. The topological polar surface area (TPSA) is 95.5 Å². The molecular weight excluding hydrogens is 344 g/mol. The van der Waals surface area contributed by atoms with Crippen molar-refractivity contribution in [2.24, 2.45) is 10.9 Å². The number of carbonyl (C=O) groups excluding carboxylic acids is 1. The molecule has 0 saturated carbocycles. The number of benzene rings is 1. The highest BCUT2D eigenvalue weighted by atomic mass is 16.5. The zero-order valence-corrected chi connectivity index (χ0v) is 15.8. The number of esters is 1. The molecule has 2 heterocycles. The number of hydrogen-bond acceptors (Lipinski definition) is 5. The second kappa shape index (κ2) is 9.16. The summed E-state index contributed by atoms with van der Waals surface area (Å²) in [6.07, 6.45) is 3.08. The van der Waals surface area contributed by atoms with Gasteiger partial charge in [0.05, 0.1) is 19.6 Å². The molecule has 0 spiro atoms. The van der Waals surface area contributed by atoms with Gasteiger partial charge in [0.25, 0.3) is 0 Å². The van der Waals surface area contributed by atoms with Gasteiger partial charge < -0.3 is 15.0 Å². The van der Waals surface area contributed by atoms with E-state index in [1.807, 2.05) is 12.1 Å². The molecule has 8 nitrogen and oxygen atoms in total. The largest absolute Gasteiger partial charge is 0.469 e. The van der Waals surface area contributed by atoms with Crippen molar-refractivity contribution in [2.75, 3.05) is 26.7 Å². The number of piperidine rings is 1. The van der Waals surface area contributed by atoms with Gasteiger partial charge in [-0.1, -0.05) is 18.2 Å². The van der Waals surface area contributed by atoms with E-state index in [1.54, 1.807) is 0 Å². The first kappa shape index (κ1) is 18.9. The summed E-state index contributed by atoms with van der Waals surface area (Å²) in [4.78, 5) is 22.9. The first-order chi connectivity index (χ1) is 13.2. The lowest BCUT2D eigenvalue weighted by Gasteiger charge is -2.33. The standard InChI is InChI=1S/C19H26N6O2/c1-3-20-19(25-9-7-15(8-10-25)18(26)27-2)21-12-14-5-4-6-16(11-14)17-22-13-23-24-17/h4-6,11,13,15H,3,7-10,12H2,1-2H3,(H,20,21)(H,22,23,24). The van der Waals surface area contributed by atoms with E-state index in [0.29, 0.717) is 6.54 Å². The van der Waals surface area contributed by atoms with Crippen LogP contribution in [-0.2, 0) is 16.1 Å². The zero-order chi connectivity index (χ0) is 19.1. The molecule has 0 bridgehead atoms. The summed E-state index contributed by atoms with van der Waals surface area (Å²) in [5.41, 5.74) is 2.09. The second-order valence-electron chi connectivity index (χ2n) is 6.49. The molecule has 8 heteroatoms. The summed E-state index contributed by atoms with van der Waals surface area (Å²) in [6.45, 7) is 5.02. The van der Waals surface area contributed by atoms with Crippen LogP contribution < -0.4 is 5.32 Å². The van der Waals surface area contributed by atoms with Crippen molar-refractivity contribution in [3.05, 3.63) is 36.2 Å². The molecule has 3 rings (SSSR count). The molecule has 1 aromatic carbocycles. The number of aromatic nitrogens is 3. The van der Waals surface area contributed by atoms with Crippen molar-refractivity contribution in [3.8, 4) is 11.4 Å². The van der Waals surface area contributed by atoms with E-state index in [2.05, 4.69) is 44.5 Å². The Morgan fingerprint density at radius 1 is 1.41 bits per heavy atom. The molecule has 2 aromatic rings. The predicted molar refractivity (Wildman–Crippen MR) is 103 cm³/mol. The average molecular weight is 370 g/mol. The normalized spacial score (nSPS) is 15.6. The molecule has 2 N–H and O–H groups in total. The van der Waals surface area contributed by atoms with E-state index >= 15 is 0 Å². The third-order valence-electron chi connectivity index (χ3n) is 4.69. The lowest BCUT2D eigenvalue weighted by atomic mass is 9.97. The van der Waals surface area contributed by atoms with E-state index in [1.165, 1.54) is 13.4 Å². The number of nitrogens with zero attached hydrogens (tertiary/aromatic N) is 4. The third-order valence-corrected chi connectivity index (χ3v) is 4.69. The summed E-state index contributed by atoms with van der Waals surface area (Å²) < 4.78 is 4.86. The minimum absolute atomic E-state index is 0.00675. The van der Waals surface area contributed by atoms with Crippen LogP contribution in [0, 0.1) is 5.92 Å². The number of aromatic amines is 1. The van der Waals surface area contributed by atoms with Gasteiger partial charge in [-0.25, -0.2) is 9.98 Å². The van der Waals surface area contributed by atoms with E-state index in [9.17, 15) is 4.79 Å². The predicted octanol–water partition coefficient (Wildman–Crippen LogP) is 1.82. The molecule has 1 aliphatic heterocycles. The lowest BCUT2D eigenvalue weighted by molar-refractivity contribution is -0.146. The first-order valence-electron chi connectivity index (χ1n) is 9.27. The molecular formula is C19H26N6O2. The number of ether oxygens (including phenoxy) is 1. The molecule has 0 radical (unpaired) electrons. The zero-order valence-electron chi connectivity index (χ0n) is 15.8. The molecule has 0 atom stereocenters. The summed E-state index contributed by atoms with van der Waals surface area (Å²) in [7, 11) is 1.45. The maximum atomic E-state index is 11.7. The van der Waals surface area contributed by atoms with Crippen molar-refractivity contribution < 1.29 is 9.53 Å². The Labute approximate surface area is 159 Å². The van der Waals surface area contributed by atoms with E-state index < -0.39 is 0 Å². The van der Waals surface area contributed by atoms with Crippen LogP contribution >= 0.6 is 0 Å². The van der Waals surface area contributed by atoms with Crippen molar-refractivity contribution in [1.29, 1.82) is 0 Å². The van der Waals surface area contributed by atoms with Crippen molar-refractivity contribution in [3.63, 3.8) is 0 Å². The number of likely N-dealkylation sites (tertiary alicyclic amines) is 1. The van der Waals surface area contributed by atoms with Gasteiger partial charge in [0.2, 0.25) is 0 Å². The van der Waals surface area contributed by atoms with Gasteiger partial charge in [-0.3, -0.25) is 9.89 Å². The molecule has 0 amide bonds. The van der Waals surface area contributed by atoms with Gasteiger partial charge in [0, 0.05) is 25.2 Å². The molecule has 0 aliphatic carbocycles. The fraction of sp³-hybridized carbons (Fsp3) is 0.474. The maximum absolute atomic E-state index is 11.7. The highest BCUT2D eigenvalue weighted by molar-refractivity contribution is 5.80. The van der Waals surface area contributed by atoms with Crippen LogP contribution in [0.2, 0.25) is 0 Å². The number of guanidine groups is 1. The number of rotatable bonds is 5. The molecule has 1 aliphatic rings. The van der Waals surface area contributed by atoms with Gasteiger partial charge in [-0.05, 0) is 31.4 Å². The number of hydrogen-bond donors (Lipinski definition) is 2. The quantitative estimate of drug-likeness (QED) is 0.474. The Morgan fingerprint density at radius 3 is 2.89 bits per heavy atom. The van der Waals surface area contributed by atoms with Gasteiger partial charge in [-0.15, -0.1) is 0 Å². The second-order valence-corrected chi connectivity index (χ2v) is 6.49. The molecule has 1 fully saturated rings. The van der Waals surface area contributed by atoms with Crippen LogP contribution in [-0.4, -0.2) is 58.8 Å². The smallest absolute Gasteiger partial charge is 0.308 e. The Hall–Kier alpha value is -2.90. The van der Waals surface area contributed by atoms with Gasteiger partial charge in [-0.2, -0.15) is 5.10 Å². The van der Waals surface area contributed by atoms with Crippen LogP contribution in [0.25, 0.3) is 11.4 Å². The van der Waals surface area contributed by atoms with Crippen LogP contribution in [0.15, 0.2) is 35.6 Å². The first-order valence-corrected chi connectivity index (χ1v) is 9.27. The number of methoxy groups -OCH3 is 1. The number of aliphatic imine (C=N–C) groups is 1. The van der Waals surface area contributed by atoms with Gasteiger partial charge >= 0.3 is 5.97 Å². The van der Waals surface area contributed by atoms with Crippen LogP contribution in [0.1, 0.15) is 25.3 Å². The Kier molecular flexibility index (Phi) is 6.40. The van der Waals surface area contributed by atoms with Crippen LogP contribution in [0.4, 0.5) is 0 Å². The summed E-state index contributed by atoms with van der Waals surface area (Å²) in [6, 6.07) is 8.11. The van der Waals surface area contributed by atoms with Crippen molar-refractivity contribution >= 4 is 11.9 Å². The average Bonchev–Trinajstić information content (AvgIpc) is 3.26. The fourth-order valence-electron chi connectivity index (χ4n) is 3.25. The van der Waals surface area contributed by atoms with Crippen molar-refractivity contribution in [2.45, 2.75) is 26.3 Å². The van der Waals surface area contributed by atoms with E-state index in [-0.39, 0.29) is 11.9 Å². The molecule has 27 heavy (non-hydrogen) atoms. The Morgan fingerprint density at radius 2 is 2.22 bits per heavy atom. The number of carbonyl (C=O) groups is 1. The van der Waals surface area contributed by atoms with Crippen LogP contribution in [0.3, 0.4) is 0 Å². The fourth-order valence-corrected chi connectivity index (χ4v) is 3.25. The lowest BCUT2D eigenvalue weighted by Crippen LogP contribution is -2.46. The van der Waals surface area contributed by atoms with Gasteiger partial charge in [0.15, 0.2) is 11.8 Å². The monoisotopic (exact) mass is 370 g/mol. The number of nitrogens with one attached hydrogen (secondary N) is 2. The summed E-state index contributed by atoms with van der Waals surface area (Å²) in [5, 5.41) is 10.1. The Balaban J connectivity index is 1.66. The van der Waals surface area contributed by atoms with Gasteiger partial charge in [0.1, 0.15) is 6.33 Å². The molecule has 144 valence electrons.